The highest BCUT2D eigenvalue weighted by atomic mass is 79.9. The lowest BCUT2D eigenvalue weighted by atomic mass is 10.0. The molecule has 17 heavy (non-hydrogen) atoms. The monoisotopic (exact) mass is 304 g/mol. The molecule has 5 heteroatoms. The highest BCUT2D eigenvalue weighted by molar-refractivity contribution is 9.10. The predicted octanol–water partition coefficient (Wildman–Crippen LogP) is 3.48. The van der Waals surface area contributed by atoms with Crippen LogP contribution in [0.3, 0.4) is 0 Å². The molecule has 0 saturated carbocycles. The van der Waals surface area contributed by atoms with Gasteiger partial charge in [-0.25, -0.2) is 8.78 Å². The van der Waals surface area contributed by atoms with E-state index in [2.05, 4.69) is 15.9 Å². The minimum Gasteiger partial charge on any atom is -0.367 e. The summed E-state index contributed by atoms with van der Waals surface area (Å²) >= 11 is 2.93. The molecule has 0 amide bonds. The third-order valence-electron chi connectivity index (χ3n) is 2.81. The first kappa shape index (κ1) is 12.6. The Morgan fingerprint density at radius 1 is 1.41 bits per heavy atom. The second kappa shape index (κ2) is 4.82. The van der Waals surface area contributed by atoms with Crippen LogP contribution in [-0.2, 0) is 4.74 Å². The van der Waals surface area contributed by atoms with E-state index < -0.39 is 29.1 Å². The second-order valence-corrected chi connectivity index (χ2v) is 4.95. The van der Waals surface area contributed by atoms with Gasteiger partial charge in [-0.15, -0.1) is 0 Å². The van der Waals surface area contributed by atoms with Gasteiger partial charge in [-0.05, 0) is 47.8 Å². The van der Waals surface area contributed by atoms with E-state index in [1.807, 2.05) is 6.92 Å². The van der Waals surface area contributed by atoms with E-state index in [9.17, 15) is 13.6 Å². The van der Waals surface area contributed by atoms with Crippen LogP contribution in [0.2, 0.25) is 0 Å². The highest BCUT2D eigenvalue weighted by Gasteiger charge is 2.32. The Bertz CT molecular complexity index is 462. The molecule has 1 heterocycles. The van der Waals surface area contributed by atoms with Gasteiger partial charge >= 0.3 is 0 Å². The Hall–Kier alpha value is -0.810. The fourth-order valence-electron chi connectivity index (χ4n) is 1.91. The molecule has 1 aromatic carbocycles. The Morgan fingerprint density at radius 2 is 2.12 bits per heavy atom. The van der Waals surface area contributed by atoms with E-state index >= 15 is 0 Å². The van der Waals surface area contributed by atoms with Crippen molar-refractivity contribution in [1.29, 1.82) is 0 Å². The molecule has 1 aromatic rings. The quantitative estimate of drug-likeness (QED) is 0.618. The molecule has 0 radical (unpaired) electrons. The summed E-state index contributed by atoms with van der Waals surface area (Å²) in [6.45, 7) is 1.83. The molecule has 0 spiro atoms. The molecule has 0 aliphatic carbocycles. The molecule has 1 aliphatic heterocycles. The third kappa shape index (κ3) is 2.40. The number of rotatable bonds is 2. The average molecular weight is 305 g/mol. The first-order valence-corrected chi connectivity index (χ1v) is 6.13. The van der Waals surface area contributed by atoms with Crippen molar-refractivity contribution in [1.82, 2.24) is 0 Å². The van der Waals surface area contributed by atoms with Crippen molar-refractivity contribution in [2.75, 3.05) is 0 Å². The van der Waals surface area contributed by atoms with Crippen molar-refractivity contribution in [3.63, 3.8) is 0 Å². The van der Waals surface area contributed by atoms with E-state index in [1.165, 1.54) is 6.07 Å². The smallest absolute Gasteiger partial charge is 0.197 e. The van der Waals surface area contributed by atoms with Crippen molar-refractivity contribution in [3.05, 3.63) is 33.8 Å². The van der Waals surface area contributed by atoms with Gasteiger partial charge in [-0.3, -0.25) is 4.79 Å². The molecule has 0 N–H and O–H groups in total. The van der Waals surface area contributed by atoms with E-state index in [1.54, 1.807) is 0 Å². The van der Waals surface area contributed by atoms with Crippen LogP contribution in [0.1, 0.15) is 30.1 Å². The SMILES string of the molecule is CC1CCC(C(=O)c2c(F)ccc(Br)c2F)O1. The molecule has 2 unspecified atom stereocenters. The van der Waals surface area contributed by atoms with Crippen molar-refractivity contribution >= 4 is 21.7 Å². The van der Waals surface area contributed by atoms with Crippen LogP contribution in [0.4, 0.5) is 8.78 Å². The fraction of sp³-hybridized carbons (Fsp3) is 0.417. The molecular weight excluding hydrogens is 294 g/mol. The number of hydrogen-bond acceptors (Lipinski definition) is 2. The van der Waals surface area contributed by atoms with Crippen LogP contribution < -0.4 is 0 Å². The zero-order valence-corrected chi connectivity index (χ0v) is 10.8. The van der Waals surface area contributed by atoms with Crippen LogP contribution in [0, 0.1) is 11.6 Å². The number of benzene rings is 1. The maximum absolute atomic E-state index is 13.7. The first-order chi connectivity index (χ1) is 8.00. The van der Waals surface area contributed by atoms with Gasteiger partial charge in [-0.2, -0.15) is 0 Å². The number of ether oxygens (including phenoxy) is 1. The highest BCUT2D eigenvalue weighted by Crippen LogP contribution is 2.27. The summed E-state index contributed by atoms with van der Waals surface area (Å²) in [4.78, 5) is 12.0. The summed E-state index contributed by atoms with van der Waals surface area (Å²) in [5, 5.41) is 0. The lowest BCUT2D eigenvalue weighted by molar-refractivity contribution is 0.0426. The largest absolute Gasteiger partial charge is 0.367 e. The molecule has 2 nitrogen and oxygen atoms in total. The molecular formula is C12H11BrF2O2. The number of halogens is 3. The lowest BCUT2D eigenvalue weighted by Gasteiger charge is -2.11. The number of carbonyl (C=O) groups excluding carboxylic acids is 1. The van der Waals surface area contributed by atoms with E-state index in [0.29, 0.717) is 6.42 Å². The standard InChI is InChI=1S/C12H11BrF2O2/c1-6-2-5-9(17-6)12(16)10-8(14)4-3-7(13)11(10)15/h3-4,6,9H,2,5H2,1H3. The fourth-order valence-corrected chi connectivity index (χ4v) is 2.24. The second-order valence-electron chi connectivity index (χ2n) is 4.10. The van der Waals surface area contributed by atoms with Crippen LogP contribution in [-0.4, -0.2) is 18.0 Å². The van der Waals surface area contributed by atoms with Crippen LogP contribution >= 0.6 is 15.9 Å². The summed E-state index contributed by atoms with van der Waals surface area (Å²) in [5.41, 5.74) is -0.515. The summed E-state index contributed by atoms with van der Waals surface area (Å²) in [5.74, 6) is -2.33. The Balaban J connectivity index is 2.34. The van der Waals surface area contributed by atoms with Crippen molar-refractivity contribution < 1.29 is 18.3 Å². The minimum absolute atomic E-state index is 0.0396. The van der Waals surface area contributed by atoms with Gasteiger partial charge in [0, 0.05) is 0 Å². The van der Waals surface area contributed by atoms with E-state index in [-0.39, 0.29) is 10.6 Å². The van der Waals surface area contributed by atoms with Crippen LogP contribution in [0.5, 0.6) is 0 Å². The van der Waals surface area contributed by atoms with Gasteiger partial charge in [0.2, 0.25) is 0 Å². The maximum Gasteiger partial charge on any atom is 0.197 e. The minimum atomic E-state index is -0.863. The van der Waals surface area contributed by atoms with Crippen LogP contribution in [0.25, 0.3) is 0 Å². The molecule has 1 fully saturated rings. The molecule has 2 atom stereocenters. The summed E-state index contributed by atoms with van der Waals surface area (Å²) in [6, 6.07) is 2.30. The van der Waals surface area contributed by atoms with E-state index in [0.717, 1.165) is 12.5 Å². The molecule has 1 saturated heterocycles. The zero-order valence-electron chi connectivity index (χ0n) is 9.17. The molecule has 2 rings (SSSR count). The topological polar surface area (TPSA) is 26.3 Å². The normalized spacial score (nSPS) is 24.0. The number of Topliss-reactive ketones (excluding diaryl/α,β-unsaturated/α-hetero) is 1. The Morgan fingerprint density at radius 3 is 2.71 bits per heavy atom. The molecule has 1 aliphatic rings. The summed E-state index contributed by atoms with van der Waals surface area (Å²) in [6.07, 6.45) is 0.462. The number of hydrogen-bond donors (Lipinski definition) is 0. The van der Waals surface area contributed by atoms with Gasteiger partial charge in [0.05, 0.1) is 16.1 Å². The van der Waals surface area contributed by atoms with Gasteiger partial charge in [0.15, 0.2) is 11.6 Å². The molecule has 0 bridgehead atoms. The summed E-state index contributed by atoms with van der Waals surface area (Å²) < 4.78 is 32.6. The van der Waals surface area contributed by atoms with Crippen molar-refractivity contribution in [3.8, 4) is 0 Å². The Labute approximate surface area is 106 Å². The van der Waals surface area contributed by atoms with Crippen LogP contribution in [0.15, 0.2) is 16.6 Å². The summed E-state index contributed by atoms with van der Waals surface area (Å²) in [7, 11) is 0. The predicted molar refractivity (Wildman–Crippen MR) is 62.0 cm³/mol. The molecule has 92 valence electrons. The van der Waals surface area contributed by atoms with Crippen molar-refractivity contribution in [2.24, 2.45) is 0 Å². The third-order valence-corrected chi connectivity index (χ3v) is 3.43. The molecule has 0 aromatic heterocycles. The lowest BCUT2D eigenvalue weighted by Crippen LogP contribution is -2.23. The number of carbonyl (C=O) groups is 1. The zero-order chi connectivity index (χ0) is 12.6. The first-order valence-electron chi connectivity index (χ1n) is 5.34. The van der Waals surface area contributed by atoms with Gasteiger partial charge in [-0.1, -0.05) is 0 Å². The van der Waals surface area contributed by atoms with Crippen molar-refractivity contribution in [2.45, 2.75) is 32.0 Å². The van der Waals surface area contributed by atoms with Gasteiger partial charge < -0.3 is 4.74 Å². The van der Waals surface area contributed by atoms with Gasteiger partial charge in [0.1, 0.15) is 11.9 Å². The van der Waals surface area contributed by atoms with Gasteiger partial charge in [0.25, 0.3) is 0 Å². The Kier molecular flexibility index (Phi) is 3.58. The average Bonchev–Trinajstić information content (AvgIpc) is 2.71. The maximum atomic E-state index is 13.7. The number of ketones is 1. The van der Waals surface area contributed by atoms with E-state index in [4.69, 9.17) is 4.74 Å².